The summed E-state index contributed by atoms with van der Waals surface area (Å²) in [6.45, 7) is 28.2. The highest BCUT2D eigenvalue weighted by molar-refractivity contribution is 5.89. The lowest BCUT2D eigenvalue weighted by molar-refractivity contribution is 0.234. The second-order valence-corrected chi connectivity index (χ2v) is 37.1. The molecular formula is C111H111FN20O11. The molecule has 0 spiro atoms. The molecule has 5 fully saturated rings. The Kier molecular flexibility index (Phi) is 27.7. The van der Waals surface area contributed by atoms with E-state index in [1.807, 2.05) is 193 Å². The van der Waals surface area contributed by atoms with Crippen LogP contribution in [0.25, 0.3) is 128 Å². The van der Waals surface area contributed by atoms with Gasteiger partial charge in [0.1, 0.15) is 33.6 Å². The number of piperazine rings is 3. The molecule has 13 aromatic heterocycles. The Morgan fingerprint density at radius 2 is 0.923 bits per heavy atom. The molecule has 2 N–H and O–H groups in total. The highest BCUT2D eigenvalue weighted by Gasteiger charge is 2.29. The van der Waals surface area contributed by atoms with E-state index in [-0.39, 0.29) is 28.1 Å². The molecule has 24 rings (SSSR count). The van der Waals surface area contributed by atoms with Crippen molar-refractivity contribution in [2.24, 2.45) is 0 Å². The number of nitrogens with one attached hydrogen (secondary N) is 2. The van der Waals surface area contributed by atoms with Crippen molar-refractivity contribution in [3.8, 4) is 62.2 Å². The van der Waals surface area contributed by atoms with Gasteiger partial charge in [-0.05, 0) is 212 Å². The van der Waals surface area contributed by atoms with E-state index in [0.717, 1.165) is 208 Å². The quantitative estimate of drug-likeness (QED) is 0.0711. The molecule has 5 aliphatic rings. The minimum atomic E-state index is -0.624. The maximum atomic E-state index is 13.3. The number of hydrogen-bond donors (Lipinski definition) is 2. The van der Waals surface area contributed by atoms with Gasteiger partial charge in [-0.25, -0.2) is 58.9 Å². The first-order chi connectivity index (χ1) is 69.5. The highest BCUT2D eigenvalue weighted by atomic mass is 19.1. The molecule has 19 aromatic rings. The number of hydrogen-bond acceptors (Lipinski definition) is 28. The fourth-order valence-electron chi connectivity index (χ4n) is 18.9. The minimum Gasteiger partial charge on any atom is -0.478 e. The maximum Gasteiger partial charge on any atom is 0.345 e. The molecule has 6 aromatic carbocycles. The van der Waals surface area contributed by atoms with Crippen molar-refractivity contribution >= 4 is 100 Å². The number of imidazole rings is 3. The number of fused-ring (bicyclic) bond motifs is 8. The zero-order chi connectivity index (χ0) is 98.5. The molecule has 0 aliphatic carbocycles. The first-order valence-corrected chi connectivity index (χ1v) is 48.5. The van der Waals surface area contributed by atoms with Gasteiger partial charge in [0, 0.05) is 271 Å². The molecule has 2 atom stereocenters. The minimum absolute atomic E-state index is 0.261. The van der Waals surface area contributed by atoms with Crippen LogP contribution in [-0.4, -0.2) is 214 Å². The number of rotatable bonds is 15. The number of halogens is 1. The van der Waals surface area contributed by atoms with E-state index >= 15 is 0 Å². The molecule has 1 unspecified atom stereocenters. The van der Waals surface area contributed by atoms with Gasteiger partial charge in [0.15, 0.2) is 0 Å². The van der Waals surface area contributed by atoms with Gasteiger partial charge in [-0.2, -0.15) is 4.39 Å². The second-order valence-electron chi connectivity index (χ2n) is 37.1. The van der Waals surface area contributed by atoms with Crippen LogP contribution in [0.3, 0.4) is 0 Å². The van der Waals surface area contributed by atoms with E-state index in [0.29, 0.717) is 109 Å². The highest BCUT2D eigenvalue weighted by Crippen LogP contribution is 2.35. The molecular weight excluding hydrogens is 1810 g/mol. The van der Waals surface area contributed by atoms with E-state index in [4.69, 9.17) is 26.8 Å². The van der Waals surface area contributed by atoms with Crippen LogP contribution in [0.5, 0.6) is 5.88 Å². The standard InChI is InChI=1S/C28H27N5O2.C23H24N4O2.C21H21N5O2.C21H23N3O3.C18H16FN3O2/c1-19-10-13-33-18-25(30-28(33)29-19)24-14-21-8-9-22(15-26(21)35-27(24)34)31(2)23-11-12-32(17-23)16-20-6-4-3-5-7-20;1-15-6-7-27-14-20(24-22(27)10-15)19-11-17-4-5-18(12-21(17)29-23(19)28)26-9-8-25(3)16(2)13-26;1-14-11-23-21-24-18(13-26(21)12-14)17-9-15-3-4-16(10-19(15)28-20(17)27)25-7-2-5-22-6-8-25;1-3-26-20-6-4-5-18(22-20)17-13-15-7-8-16(14-19(15)27-21(17)25)24-11-9-23(2)10-12-24;19-17-3-1-2-15(21-17)14-10-12-4-5-13(11-16(12)24-18(14)23)22-8-6-20-7-9-22/h3-10,13-15,18,23H,11-12,16-17H2,1-2H3;4-7,10-12,14,16H,8-9,13H2,1-3H3;3-4,9-13,22H,2,5-8H2,1H3;4-8,13-14H,3,9-12H2,1-2H3;1-5,10-11,20H,6-9H2/t;16-;;;/m.0.../s1. The van der Waals surface area contributed by atoms with E-state index in [1.54, 1.807) is 30.5 Å². The van der Waals surface area contributed by atoms with Gasteiger partial charge in [-0.3, -0.25) is 13.7 Å². The molecule has 728 valence electrons. The third kappa shape index (κ3) is 21.6. The van der Waals surface area contributed by atoms with Crippen LogP contribution in [0.15, 0.2) is 296 Å². The number of ether oxygens (including phenoxy) is 1. The Morgan fingerprint density at radius 3 is 1.50 bits per heavy atom. The Hall–Kier alpha value is -15.9. The molecule has 0 amide bonds. The number of likely N-dealkylation sites (N-methyl/N-ethyl adjacent to an activating group) is 3. The monoisotopic (exact) mass is 1920 g/mol. The van der Waals surface area contributed by atoms with Gasteiger partial charge >= 0.3 is 28.1 Å². The van der Waals surface area contributed by atoms with Gasteiger partial charge in [0.05, 0.1) is 62.9 Å². The summed E-state index contributed by atoms with van der Waals surface area (Å²) in [5.74, 6) is 1.00. The first-order valence-electron chi connectivity index (χ1n) is 48.5. The number of pyridine rings is 3. The lowest BCUT2D eigenvalue weighted by Crippen LogP contribution is -2.50. The van der Waals surface area contributed by atoms with E-state index in [2.05, 4.69) is 167 Å². The van der Waals surface area contributed by atoms with E-state index < -0.39 is 17.2 Å². The van der Waals surface area contributed by atoms with Gasteiger partial charge in [-0.1, -0.05) is 42.5 Å². The van der Waals surface area contributed by atoms with Crippen molar-refractivity contribution in [3.05, 3.63) is 330 Å². The summed E-state index contributed by atoms with van der Waals surface area (Å²) in [6.07, 6.45) is 15.2. The van der Waals surface area contributed by atoms with E-state index in [1.165, 1.54) is 17.7 Å². The van der Waals surface area contributed by atoms with Crippen LogP contribution in [0.4, 0.5) is 32.8 Å². The van der Waals surface area contributed by atoms with Crippen molar-refractivity contribution in [2.45, 2.75) is 66.1 Å². The molecule has 0 saturated carbocycles. The molecule has 32 heteroatoms. The molecule has 143 heavy (non-hydrogen) atoms. The number of aromatic nitrogens is 10. The van der Waals surface area contributed by atoms with Crippen molar-refractivity contribution < 1.29 is 31.2 Å². The summed E-state index contributed by atoms with van der Waals surface area (Å²) in [5.41, 5.74) is 16.1. The predicted octanol–water partition coefficient (Wildman–Crippen LogP) is 16.1. The van der Waals surface area contributed by atoms with Gasteiger partial charge in [-0.15, -0.1) is 0 Å². The Bertz CT molecular complexity index is 8220. The predicted molar refractivity (Wildman–Crippen MR) is 560 cm³/mol. The Morgan fingerprint density at radius 1 is 0.427 bits per heavy atom. The molecule has 5 aliphatic heterocycles. The van der Waals surface area contributed by atoms with Gasteiger partial charge < -0.3 is 76.2 Å². The number of aryl methyl sites for hydroxylation is 3. The summed E-state index contributed by atoms with van der Waals surface area (Å²) in [6, 6.07) is 66.4. The van der Waals surface area contributed by atoms with Crippen molar-refractivity contribution in [1.82, 2.24) is 73.4 Å². The summed E-state index contributed by atoms with van der Waals surface area (Å²) in [4.78, 5) is 112. The molecule has 18 heterocycles. The fourth-order valence-corrected chi connectivity index (χ4v) is 18.9. The Balaban J connectivity index is 0.000000110. The van der Waals surface area contributed by atoms with E-state index in [9.17, 15) is 28.4 Å². The zero-order valence-electron chi connectivity index (χ0n) is 81.1. The molecule has 0 bridgehead atoms. The van der Waals surface area contributed by atoms with Crippen molar-refractivity contribution in [3.63, 3.8) is 0 Å². The summed E-state index contributed by atoms with van der Waals surface area (Å²) < 4.78 is 52.5. The van der Waals surface area contributed by atoms with Crippen LogP contribution >= 0.6 is 0 Å². The lowest BCUT2D eigenvalue weighted by atomic mass is 10.1. The summed E-state index contributed by atoms with van der Waals surface area (Å²) in [5, 5.41) is 11.0. The molecule has 31 nitrogen and oxygen atoms in total. The summed E-state index contributed by atoms with van der Waals surface area (Å²) >= 11 is 0. The zero-order valence-corrected chi connectivity index (χ0v) is 81.1. The second kappa shape index (κ2) is 41.9. The Labute approximate surface area is 822 Å². The fraction of sp³-hybridized carbons (Fsp3) is 0.279. The van der Waals surface area contributed by atoms with Crippen LogP contribution < -0.4 is 68.0 Å². The summed E-state index contributed by atoms with van der Waals surface area (Å²) in [7, 11) is 6.41. The largest absolute Gasteiger partial charge is 0.478 e. The van der Waals surface area contributed by atoms with Crippen LogP contribution in [-0.2, 0) is 6.54 Å². The lowest BCUT2D eigenvalue weighted by Gasteiger charge is -2.39. The third-order valence-electron chi connectivity index (χ3n) is 27.1. The first kappa shape index (κ1) is 94.7. The molecule has 0 radical (unpaired) electrons. The average molecular weight is 1920 g/mol. The number of benzene rings is 6. The smallest absolute Gasteiger partial charge is 0.345 e. The van der Waals surface area contributed by atoms with Gasteiger partial charge in [0.2, 0.25) is 23.4 Å². The number of anilines is 5. The molecule has 5 saturated heterocycles. The normalized spacial score (nSPS) is 16.0. The number of nitrogens with zero attached hydrogens (tertiary/aromatic N) is 18. The number of likely N-dealkylation sites (tertiary alicyclic amines) is 1. The maximum absolute atomic E-state index is 13.3. The average Bonchev–Trinajstić information content (AvgIpc) is 1.50. The van der Waals surface area contributed by atoms with Crippen LogP contribution in [0, 0.1) is 26.7 Å². The topological polar surface area (TPSA) is 314 Å². The SMILES string of the molecule is CCOc1cccc(-c2cc3ccc(N4CCN(C)CC4)cc3oc2=O)n1.Cc1ccn2cc(-c3cc4ccc(N(C)C5CCN(Cc6ccccc6)C5)cc4oc3=O)nc2n1.Cc1ccn2cc(-c3cc4ccc(N5CCN(C)[C@@H](C)C5)cc4oc3=O)nc2c1.Cc1cnc2nc(-c3cc4ccc(N5CCCNCC5)cc4oc3=O)cn2c1.O=c1oc2cc(N3CCNCC3)ccc2cc1-c1cccc(F)n1. The van der Waals surface area contributed by atoms with Crippen molar-refractivity contribution in [1.29, 1.82) is 0 Å². The van der Waals surface area contributed by atoms with Crippen LogP contribution in [0.1, 0.15) is 49.1 Å². The van der Waals surface area contributed by atoms with Gasteiger partial charge in [0.25, 0.3) is 0 Å². The third-order valence-corrected chi connectivity index (χ3v) is 27.1. The van der Waals surface area contributed by atoms with Crippen LogP contribution in [0.2, 0.25) is 0 Å². The van der Waals surface area contributed by atoms with Crippen molar-refractivity contribution in [2.75, 3.05) is 164 Å².